The maximum atomic E-state index is 12.5. The van der Waals surface area contributed by atoms with Gasteiger partial charge in [-0.2, -0.15) is 0 Å². The zero-order valence-corrected chi connectivity index (χ0v) is 18.6. The molecule has 0 aliphatic heterocycles. The zero-order valence-electron chi connectivity index (χ0n) is 18.6. The molecule has 164 valence electrons. The minimum atomic E-state index is -0.511. The number of hydrogen-bond donors (Lipinski definition) is 1. The molecule has 0 aliphatic carbocycles. The minimum Gasteiger partial charge on any atom is -0.493 e. The normalized spacial score (nSPS) is 10.7. The van der Waals surface area contributed by atoms with Crippen molar-refractivity contribution in [2.75, 3.05) is 11.9 Å². The summed E-state index contributed by atoms with van der Waals surface area (Å²) in [7, 11) is 0. The van der Waals surface area contributed by atoms with Gasteiger partial charge in [-0.05, 0) is 68.3 Å². The van der Waals surface area contributed by atoms with Crippen LogP contribution in [-0.4, -0.2) is 18.5 Å². The monoisotopic (exact) mass is 429 g/mol. The summed E-state index contributed by atoms with van der Waals surface area (Å²) in [5.74, 6) is 0.344. The van der Waals surface area contributed by atoms with Crippen LogP contribution < -0.4 is 14.8 Å². The summed E-state index contributed by atoms with van der Waals surface area (Å²) in [6.07, 6.45) is 3.92. The summed E-state index contributed by atoms with van der Waals surface area (Å²) in [5.41, 5.74) is 4.18. The fraction of sp³-hybridized carbons (Fsp3) is 0.185. The lowest BCUT2D eigenvalue weighted by atomic mass is 10.1. The Morgan fingerprint density at radius 3 is 2.44 bits per heavy atom. The summed E-state index contributed by atoms with van der Waals surface area (Å²) in [5, 5.41) is 2.90. The first-order valence-corrected chi connectivity index (χ1v) is 10.6. The molecular weight excluding hydrogens is 402 g/mol. The number of esters is 1. The number of hydrogen-bond acceptors (Lipinski definition) is 4. The van der Waals surface area contributed by atoms with E-state index in [1.807, 2.05) is 63.2 Å². The molecule has 0 saturated heterocycles. The van der Waals surface area contributed by atoms with Crippen molar-refractivity contribution in [2.24, 2.45) is 0 Å². The fourth-order valence-electron chi connectivity index (χ4n) is 3.09. The van der Waals surface area contributed by atoms with Gasteiger partial charge in [-0.15, -0.1) is 0 Å². The Bertz CT molecular complexity index is 1120. The van der Waals surface area contributed by atoms with Crippen LogP contribution in [0.5, 0.6) is 11.5 Å². The Hall–Kier alpha value is -3.86. The number of aryl methyl sites for hydroxylation is 2. The van der Waals surface area contributed by atoms with Gasteiger partial charge in [-0.3, -0.25) is 4.79 Å². The number of benzene rings is 3. The SMILES string of the molecule is CCCOc1ccccc1/C=C/C(=O)Oc1ccc(C(=O)Nc2ccc(C)cc2C)cc1. The topological polar surface area (TPSA) is 64.6 Å². The molecule has 3 rings (SSSR count). The molecular formula is C27H27NO4. The maximum Gasteiger partial charge on any atom is 0.336 e. The first kappa shape index (κ1) is 22.8. The Balaban J connectivity index is 1.60. The molecule has 0 bridgehead atoms. The first-order valence-electron chi connectivity index (χ1n) is 10.6. The Kier molecular flexibility index (Phi) is 7.81. The van der Waals surface area contributed by atoms with Crippen LogP contribution in [0.25, 0.3) is 6.08 Å². The molecule has 0 unspecified atom stereocenters. The number of nitrogens with one attached hydrogen (secondary N) is 1. The van der Waals surface area contributed by atoms with E-state index >= 15 is 0 Å². The van der Waals surface area contributed by atoms with Crippen molar-refractivity contribution >= 4 is 23.6 Å². The van der Waals surface area contributed by atoms with Crippen molar-refractivity contribution in [3.63, 3.8) is 0 Å². The molecule has 0 aliphatic rings. The molecule has 32 heavy (non-hydrogen) atoms. The number of anilines is 1. The average Bonchev–Trinajstić information content (AvgIpc) is 2.79. The molecule has 0 saturated carbocycles. The molecule has 3 aromatic carbocycles. The van der Waals surface area contributed by atoms with E-state index in [9.17, 15) is 9.59 Å². The number of para-hydroxylation sites is 1. The lowest BCUT2D eigenvalue weighted by Gasteiger charge is -2.09. The number of rotatable bonds is 8. The predicted molar refractivity (Wildman–Crippen MR) is 127 cm³/mol. The van der Waals surface area contributed by atoms with Crippen molar-refractivity contribution in [2.45, 2.75) is 27.2 Å². The van der Waals surface area contributed by atoms with E-state index in [-0.39, 0.29) is 5.91 Å². The largest absolute Gasteiger partial charge is 0.493 e. The minimum absolute atomic E-state index is 0.224. The van der Waals surface area contributed by atoms with E-state index in [4.69, 9.17) is 9.47 Å². The van der Waals surface area contributed by atoms with Gasteiger partial charge in [0.1, 0.15) is 11.5 Å². The molecule has 5 heteroatoms. The molecule has 0 heterocycles. The van der Waals surface area contributed by atoms with Gasteiger partial charge >= 0.3 is 5.97 Å². The van der Waals surface area contributed by atoms with Gasteiger partial charge in [-0.1, -0.05) is 42.8 Å². The molecule has 0 fully saturated rings. The van der Waals surface area contributed by atoms with Gasteiger partial charge in [0.2, 0.25) is 0 Å². The lowest BCUT2D eigenvalue weighted by molar-refractivity contribution is -0.128. The number of carbonyl (C=O) groups excluding carboxylic acids is 2. The van der Waals surface area contributed by atoms with Crippen LogP contribution in [0.2, 0.25) is 0 Å². The molecule has 0 atom stereocenters. The smallest absolute Gasteiger partial charge is 0.336 e. The number of ether oxygens (including phenoxy) is 2. The van der Waals surface area contributed by atoms with E-state index in [2.05, 4.69) is 5.32 Å². The van der Waals surface area contributed by atoms with E-state index in [0.717, 1.165) is 34.5 Å². The molecule has 0 aromatic heterocycles. The highest BCUT2D eigenvalue weighted by Gasteiger charge is 2.09. The second kappa shape index (κ2) is 11.0. The highest BCUT2D eigenvalue weighted by Crippen LogP contribution is 2.21. The predicted octanol–water partition coefficient (Wildman–Crippen LogP) is 5.96. The summed E-state index contributed by atoms with van der Waals surface area (Å²) in [4.78, 5) is 24.7. The quantitative estimate of drug-likeness (QED) is 0.272. The lowest BCUT2D eigenvalue weighted by Crippen LogP contribution is -2.13. The maximum absolute atomic E-state index is 12.5. The van der Waals surface area contributed by atoms with E-state index in [1.165, 1.54) is 6.08 Å². The standard InChI is InChI=1S/C27H27NO4/c1-4-17-31-25-8-6-5-7-21(25)12-16-26(29)32-23-13-10-22(11-14-23)27(30)28-24-15-9-19(2)18-20(24)3/h5-16,18H,4,17H2,1-3H3,(H,28,30)/b16-12+. The van der Waals surface area contributed by atoms with Crippen LogP contribution in [0, 0.1) is 13.8 Å². The summed E-state index contributed by atoms with van der Waals surface area (Å²) in [6.45, 7) is 6.60. The molecule has 0 spiro atoms. The first-order chi connectivity index (χ1) is 15.5. The van der Waals surface area contributed by atoms with Crippen LogP contribution >= 0.6 is 0 Å². The average molecular weight is 430 g/mol. The third-order valence-corrected chi connectivity index (χ3v) is 4.74. The summed E-state index contributed by atoms with van der Waals surface area (Å²) >= 11 is 0. The van der Waals surface area contributed by atoms with Crippen LogP contribution in [0.1, 0.15) is 40.4 Å². The van der Waals surface area contributed by atoms with Crippen LogP contribution in [0.4, 0.5) is 5.69 Å². The van der Waals surface area contributed by atoms with E-state index in [0.29, 0.717) is 17.9 Å². The van der Waals surface area contributed by atoms with Crippen molar-refractivity contribution in [3.05, 3.63) is 95.1 Å². The van der Waals surface area contributed by atoms with Crippen molar-refractivity contribution in [3.8, 4) is 11.5 Å². The molecule has 0 radical (unpaired) electrons. The fourth-order valence-corrected chi connectivity index (χ4v) is 3.09. The van der Waals surface area contributed by atoms with Gasteiger partial charge in [-0.25, -0.2) is 4.79 Å². The number of carbonyl (C=O) groups is 2. The third-order valence-electron chi connectivity index (χ3n) is 4.74. The highest BCUT2D eigenvalue weighted by atomic mass is 16.5. The van der Waals surface area contributed by atoms with E-state index < -0.39 is 5.97 Å². The third kappa shape index (κ3) is 6.32. The van der Waals surface area contributed by atoms with Crippen molar-refractivity contribution in [1.29, 1.82) is 0 Å². The number of amides is 1. The van der Waals surface area contributed by atoms with Crippen LogP contribution in [-0.2, 0) is 4.79 Å². The van der Waals surface area contributed by atoms with Crippen molar-refractivity contribution in [1.82, 2.24) is 0 Å². The second-order valence-electron chi connectivity index (χ2n) is 7.44. The van der Waals surface area contributed by atoms with Gasteiger partial charge in [0, 0.05) is 22.9 Å². The molecule has 3 aromatic rings. The van der Waals surface area contributed by atoms with Crippen molar-refractivity contribution < 1.29 is 19.1 Å². The Morgan fingerprint density at radius 1 is 0.969 bits per heavy atom. The Labute approximate surface area is 188 Å². The van der Waals surface area contributed by atoms with E-state index in [1.54, 1.807) is 30.3 Å². The summed E-state index contributed by atoms with van der Waals surface area (Å²) in [6, 6.07) is 19.8. The van der Waals surface area contributed by atoms with Gasteiger partial charge in [0.25, 0.3) is 5.91 Å². The molecule has 5 nitrogen and oxygen atoms in total. The van der Waals surface area contributed by atoms with Gasteiger partial charge < -0.3 is 14.8 Å². The molecule has 1 amide bonds. The van der Waals surface area contributed by atoms with Gasteiger partial charge in [0.05, 0.1) is 6.61 Å². The van der Waals surface area contributed by atoms with Crippen LogP contribution in [0.15, 0.2) is 72.8 Å². The zero-order chi connectivity index (χ0) is 22.9. The second-order valence-corrected chi connectivity index (χ2v) is 7.44. The summed E-state index contributed by atoms with van der Waals surface area (Å²) < 4.78 is 11.0. The molecule has 1 N–H and O–H groups in total. The van der Waals surface area contributed by atoms with Crippen LogP contribution in [0.3, 0.4) is 0 Å². The van der Waals surface area contributed by atoms with Gasteiger partial charge in [0.15, 0.2) is 0 Å². The Morgan fingerprint density at radius 2 is 1.72 bits per heavy atom. The highest BCUT2D eigenvalue weighted by molar-refractivity contribution is 6.04.